The summed E-state index contributed by atoms with van der Waals surface area (Å²) < 4.78 is 5.16. The average Bonchev–Trinajstić information content (AvgIpc) is 2.92. The van der Waals surface area contributed by atoms with Gasteiger partial charge in [0.05, 0.1) is 0 Å². The summed E-state index contributed by atoms with van der Waals surface area (Å²) in [5.74, 6) is -0.768. The number of carbonyl (C=O) groups is 2. The number of rotatable bonds is 5. The first-order chi connectivity index (χ1) is 10.1. The van der Waals surface area contributed by atoms with Crippen LogP contribution in [0.5, 0.6) is 0 Å². The number of aryl methyl sites for hydroxylation is 1. The smallest absolute Gasteiger partial charge is 0.349 e. The molecule has 0 fully saturated rings. The lowest BCUT2D eigenvalue weighted by Gasteiger charge is -2.13. The van der Waals surface area contributed by atoms with E-state index in [0.29, 0.717) is 11.4 Å². The van der Waals surface area contributed by atoms with Gasteiger partial charge in [-0.15, -0.1) is 11.3 Å². The van der Waals surface area contributed by atoms with Gasteiger partial charge in [-0.05, 0) is 31.5 Å². The third-order valence-corrected chi connectivity index (χ3v) is 3.88. The molecule has 0 bridgehead atoms. The van der Waals surface area contributed by atoms with Crippen LogP contribution < -0.4 is 5.32 Å². The highest BCUT2D eigenvalue weighted by atomic mass is 32.1. The van der Waals surface area contributed by atoms with Crippen molar-refractivity contribution in [2.45, 2.75) is 26.5 Å². The van der Waals surface area contributed by atoms with Crippen LogP contribution in [0.2, 0.25) is 0 Å². The van der Waals surface area contributed by atoms with E-state index in [0.717, 1.165) is 10.4 Å². The maximum atomic E-state index is 11.9. The molecule has 0 spiro atoms. The topological polar surface area (TPSA) is 55.4 Å². The SMILES string of the molecule is Cc1ccc(C(=O)OC(C)C(=O)NCc2ccccc2)s1. The summed E-state index contributed by atoms with van der Waals surface area (Å²) in [5.41, 5.74) is 0.998. The lowest BCUT2D eigenvalue weighted by Crippen LogP contribution is -2.35. The van der Waals surface area contributed by atoms with Gasteiger partial charge in [-0.25, -0.2) is 4.79 Å². The Labute approximate surface area is 127 Å². The highest BCUT2D eigenvalue weighted by Crippen LogP contribution is 2.16. The van der Waals surface area contributed by atoms with Crippen molar-refractivity contribution in [3.05, 3.63) is 57.8 Å². The Hall–Kier alpha value is -2.14. The van der Waals surface area contributed by atoms with E-state index < -0.39 is 12.1 Å². The Morgan fingerprint density at radius 1 is 1.19 bits per heavy atom. The molecule has 110 valence electrons. The molecular formula is C16H17NO3S. The van der Waals surface area contributed by atoms with Gasteiger partial charge in [0.25, 0.3) is 5.91 Å². The number of esters is 1. The van der Waals surface area contributed by atoms with Gasteiger partial charge in [-0.2, -0.15) is 0 Å². The third kappa shape index (κ3) is 4.43. The molecule has 1 aromatic heterocycles. The van der Waals surface area contributed by atoms with Crippen LogP contribution in [0.1, 0.15) is 27.0 Å². The van der Waals surface area contributed by atoms with Crippen molar-refractivity contribution in [1.82, 2.24) is 5.32 Å². The van der Waals surface area contributed by atoms with E-state index >= 15 is 0 Å². The molecule has 0 radical (unpaired) electrons. The number of nitrogens with one attached hydrogen (secondary N) is 1. The zero-order valence-corrected chi connectivity index (χ0v) is 12.8. The fourth-order valence-corrected chi connectivity index (χ4v) is 2.50. The first-order valence-electron chi connectivity index (χ1n) is 6.65. The summed E-state index contributed by atoms with van der Waals surface area (Å²) >= 11 is 1.35. The molecule has 1 heterocycles. The molecule has 1 aromatic carbocycles. The summed E-state index contributed by atoms with van der Waals surface area (Å²) in [6.07, 6.45) is -0.816. The number of thiophene rings is 1. The average molecular weight is 303 g/mol. The van der Waals surface area contributed by atoms with Gasteiger partial charge in [-0.3, -0.25) is 4.79 Å². The molecule has 1 atom stereocenters. The monoisotopic (exact) mass is 303 g/mol. The predicted molar refractivity (Wildman–Crippen MR) is 82.2 cm³/mol. The van der Waals surface area contributed by atoms with Crippen molar-refractivity contribution in [3.8, 4) is 0 Å². The Kier molecular flexibility index (Phi) is 5.11. The van der Waals surface area contributed by atoms with Gasteiger partial charge < -0.3 is 10.1 Å². The second-order valence-electron chi connectivity index (χ2n) is 4.66. The van der Waals surface area contributed by atoms with E-state index in [1.807, 2.05) is 43.3 Å². The Morgan fingerprint density at radius 2 is 1.90 bits per heavy atom. The normalized spacial score (nSPS) is 11.7. The first kappa shape index (κ1) is 15.3. The minimum atomic E-state index is -0.816. The lowest BCUT2D eigenvalue weighted by molar-refractivity contribution is -0.129. The molecule has 0 aliphatic carbocycles. The van der Waals surface area contributed by atoms with Crippen molar-refractivity contribution < 1.29 is 14.3 Å². The Morgan fingerprint density at radius 3 is 2.52 bits per heavy atom. The van der Waals surface area contributed by atoms with Crippen LogP contribution in [0, 0.1) is 6.92 Å². The Bertz CT molecular complexity index is 621. The van der Waals surface area contributed by atoms with Crippen LogP contribution in [-0.2, 0) is 16.1 Å². The van der Waals surface area contributed by atoms with Crippen molar-refractivity contribution in [3.63, 3.8) is 0 Å². The molecule has 2 rings (SSSR count). The first-order valence-corrected chi connectivity index (χ1v) is 7.47. The van der Waals surface area contributed by atoms with Crippen molar-refractivity contribution in [1.29, 1.82) is 0 Å². The zero-order chi connectivity index (χ0) is 15.2. The second kappa shape index (κ2) is 7.04. The third-order valence-electron chi connectivity index (χ3n) is 2.90. The van der Waals surface area contributed by atoms with Gasteiger partial charge in [0.2, 0.25) is 0 Å². The summed E-state index contributed by atoms with van der Waals surface area (Å²) in [5, 5.41) is 2.75. The largest absolute Gasteiger partial charge is 0.448 e. The highest BCUT2D eigenvalue weighted by molar-refractivity contribution is 7.13. The minimum Gasteiger partial charge on any atom is -0.448 e. The van der Waals surface area contributed by atoms with Crippen LogP contribution in [0.4, 0.5) is 0 Å². The molecule has 0 saturated heterocycles. The highest BCUT2D eigenvalue weighted by Gasteiger charge is 2.19. The summed E-state index contributed by atoms with van der Waals surface area (Å²) in [6.45, 7) is 3.90. The number of hydrogen-bond donors (Lipinski definition) is 1. The molecule has 1 N–H and O–H groups in total. The minimum absolute atomic E-state index is 0.305. The number of carbonyl (C=O) groups excluding carboxylic acids is 2. The number of ether oxygens (including phenoxy) is 1. The number of hydrogen-bond acceptors (Lipinski definition) is 4. The summed E-state index contributed by atoms with van der Waals surface area (Å²) in [7, 11) is 0. The van der Waals surface area contributed by atoms with Crippen molar-refractivity contribution >= 4 is 23.2 Å². The van der Waals surface area contributed by atoms with Gasteiger partial charge >= 0.3 is 5.97 Å². The predicted octanol–water partition coefficient (Wildman–Crippen LogP) is 2.92. The maximum Gasteiger partial charge on any atom is 0.349 e. The molecule has 21 heavy (non-hydrogen) atoms. The molecule has 1 unspecified atom stereocenters. The maximum absolute atomic E-state index is 11.9. The van der Waals surface area contributed by atoms with E-state index in [-0.39, 0.29) is 5.91 Å². The summed E-state index contributed by atoms with van der Waals surface area (Å²) in [6, 6.07) is 13.1. The van der Waals surface area contributed by atoms with E-state index in [4.69, 9.17) is 4.74 Å². The molecule has 1 amide bonds. The quantitative estimate of drug-likeness (QED) is 0.864. The molecule has 5 heteroatoms. The van der Waals surface area contributed by atoms with E-state index in [9.17, 15) is 9.59 Å². The Balaban J connectivity index is 1.83. The standard InChI is InChI=1S/C16H17NO3S/c1-11-8-9-14(21-11)16(19)20-12(2)15(18)17-10-13-6-4-3-5-7-13/h3-9,12H,10H2,1-2H3,(H,17,18). The molecule has 0 aliphatic rings. The van der Waals surface area contributed by atoms with Crippen molar-refractivity contribution in [2.75, 3.05) is 0 Å². The summed E-state index contributed by atoms with van der Waals surface area (Å²) in [4.78, 5) is 25.3. The van der Waals surface area contributed by atoms with Gasteiger partial charge in [0, 0.05) is 11.4 Å². The number of benzene rings is 1. The molecular weight excluding hydrogens is 286 g/mol. The second-order valence-corrected chi connectivity index (χ2v) is 5.95. The van der Waals surface area contributed by atoms with Crippen LogP contribution >= 0.6 is 11.3 Å². The fourth-order valence-electron chi connectivity index (χ4n) is 1.75. The molecule has 4 nitrogen and oxygen atoms in total. The van der Waals surface area contributed by atoms with E-state index in [2.05, 4.69) is 5.32 Å². The number of amides is 1. The van der Waals surface area contributed by atoms with Gasteiger partial charge in [0.1, 0.15) is 4.88 Å². The molecule has 0 aliphatic heterocycles. The van der Waals surface area contributed by atoms with Crippen LogP contribution in [0.3, 0.4) is 0 Å². The molecule has 0 saturated carbocycles. The van der Waals surface area contributed by atoms with Crippen LogP contribution in [0.15, 0.2) is 42.5 Å². The lowest BCUT2D eigenvalue weighted by atomic mass is 10.2. The van der Waals surface area contributed by atoms with E-state index in [1.54, 1.807) is 13.0 Å². The van der Waals surface area contributed by atoms with Crippen LogP contribution in [0.25, 0.3) is 0 Å². The van der Waals surface area contributed by atoms with E-state index in [1.165, 1.54) is 11.3 Å². The zero-order valence-electron chi connectivity index (χ0n) is 12.0. The van der Waals surface area contributed by atoms with Crippen molar-refractivity contribution in [2.24, 2.45) is 0 Å². The van der Waals surface area contributed by atoms with Gasteiger partial charge in [0.15, 0.2) is 6.10 Å². The van der Waals surface area contributed by atoms with Gasteiger partial charge in [-0.1, -0.05) is 30.3 Å². The molecule has 2 aromatic rings. The fraction of sp³-hybridized carbons (Fsp3) is 0.250. The van der Waals surface area contributed by atoms with Crippen LogP contribution in [-0.4, -0.2) is 18.0 Å².